The third kappa shape index (κ3) is 11.1. The van der Waals surface area contributed by atoms with Crippen molar-refractivity contribution >= 4 is 35.3 Å². The van der Waals surface area contributed by atoms with Crippen LogP contribution in [-0.2, 0) is 49.3 Å². The fourth-order valence-corrected chi connectivity index (χ4v) is 10.5. The van der Waals surface area contributed by atoms with Crippen molar-refractivity contribution in [3.63, 3.8) is 0 Å². The molecule has 6 rings (SSSR count). The number of rotatable bonds is 14. The molecule has 3 aromatic rings. The number of hydrogen-bond donors (Lipinski definition) is 0. The van der Waals surface area contributed by atoms with Gasteiger partial charge in [-0.3, -0.25) is 24.4 Å². The molecule has 1 aromatic heterocycles. The Balaban J connectivity index is 1.30. The van der Waals surface area contributed by atoms with Gasteiger partial charge < -0.3 is 38.2 Å². The quantitative estimate of drug-likeness (QED) is 0.0405. The minimum Gasteiger partial charge on any atom is -0.455 e. The maximum Gasteiger partial charge on any atom is 0.410 e. The molecule has 0 bridgehead atoms. The maximum atomic E-state index is 17.3. The zero-order chi connectivity index (χ0) is 51.5. The van der Waals surface area contributed by atoms with Crippen molar-refractivity contribution in [1.82, 2.24) is 24.8 Å². The predicted octanol–water partition coefficient (Wildman–Crippen LogP) is 6.79. The van der Waals surface area contributed by atoms with Gasteiger partial charge in [-0.25, -0.2) is 18.8 Å². The zero-order valence-corrected chi connectivity index (χ0v) is 41.9. The van der Waals surface area contributed by atoms with Crippen molar-refractivity contribution < 1.29 is 61.7 Å². The highest BCUT2D eigenvalue weighted by molar-refractivity contribution is 6.08. The van der Waals surface area contributed by atoms with Crippen LogP contribution < -0.4 is 0 Å². The van der Waals surface area contributed by atoms with E-state index in [2.05, 4.69) is 10.3 Å². The van der Waals surface area contributed by atoms with Gasteiger partial charge in [0.1, 0.15) is 17.6 Å². The van der Waals surface area contributed by atoms with Gasteiger partial charge in [0.2, 0.25) is 0 Å². The number of methoxy groups -OCH3 is 1. The summed E-state index contributed by atoms with van der Waals surface area (Å²) in [5.74, 6) is -6.90. The van der Waals surface area contributed by atoms with Crippen LogP contribution in [0.15, 0.2) is 60.8 Å². The Morgan fingerprint density at radius 3 is 2.31 bits per heavy atom. The largest absolute Gasteiger partial charge is 0.455 e. The summed E-state index contributed by atoms with van der Waals surface area (Å²) in [4.78, 5) is 85.5. The van der Waals surface area contributed by atoms with Gasteiger partial charge >= 0.3 is 18.0 Å². The molecule has 0 radical (unpaired) electrons. The van der Waals surface area contributed by atoms with Crippen LogP contribution in [0, 0.1) is 27.9 Å². The number of ketones is 2. The molecule has 3 fully saturated rings. The molecule has 13 atom stereocenters. The number of hydrogen-bond acceptors (Lipinski definition) is 16. The highest BCUT2D eigenvalue weighted by Crippen LogP contribution is 2.44. The third-order valence-corrected chi connectivity index (χ3v) is 14.3. The molecular formula is C50H67FN6O13. The summed E-state index contributed by atoms with van der Waals surface area (Å²) in [7, 11) is 5.02. The first kappa shape index (κ1) is 53.6. The molecule has 20 heteroatoms. The van der Waals surface area contributed by atoms with Gasteiger partial charge in [0.15, 0.2) is 23.8 Å². The lowest BCUT2D eigenvalue weighted by Crippen LogP contribution is -2.62. The van der Waals surface area contributed by atoms with Gasteiger partial charge in [-0.2, -0.15) is 0 Å². The molecule has 3 aliphatic heterocycles. The van der Waals surface area contributed by atoms with Crippen LogP contribution in [0.5, 0.6) is 0 Å². The van der Waals surface area contributed by atoms with Crippen molar-refractivity contribution in [2.45, 2.75) is 154 Å². The molecule has 0 unspecified atom stereocenters. The van der Waals surface area contributed by atoms with Crippen LogP contribution in [0.1, 0.15) is 97.9 Å². The molecular weight excluding hydrogens is 912 g/mol. The van der Waals surface area contributed by atoms with Crippen molar-refractivity contribution in [3.8, 4) is 11.3 Å². The van der Waals surface area contributed by atoms with Crippen LogP contribution >= 0.6 is 0 Å². The summed E-state index contributed by atoms with van der Waals surface area (Å²) in [5.41, 5.74) is -5.34. The number of aryl methyl sites for hydroxylation is 1. The van der Waals surface area contributed by atoms with E-state index < -0.39 is 106 Å². The number of Topliss-reactive ketones (excluding diaryl/α,β-unsaturated/α-hetero) is 2. The Kier molecular flexibility index (Phi) is 16.7. The average molecular weight is 979 g/mol. The first-order valence-corrected chi connectivity index (χ1v) is 23.9. The number of nitro benzene ring substituents is 1. The predicted molar refractivity (Wildman–Crippen MR) is 251 cm³/mol. The standard InChI is InChI=1S/C50H67FN6O13/c1-12-38-50(8)41(56(47(62)70-50)24-17-16-23-55-28-36(52-53-55)34-21-18-22-35(26-34)57(63)64)31(4)39(58)29(2)27-48(6,65-11)43(32(5)42(59)49(7,51)46(61)67-38)69-45-40(37(54(9)10)25-30(3)66-45)68-44(60)33-19-14-13-15-20-33/h13-15,18-22,26,28-32,37-38,40-41,43,45H,12,16-17,23-25,27H2,1-11H3/t29-,30-,31+,32+,37+,38-,40-,41+,43-,45+,48+,49+,50-/m1/s1. The number of benzene rings is 2. The Hall–Kier alpha value is -5.70. The number of cyclic esters (lactones) is 1. The second-order valence-corrected chi connectivity index (χ2v) is 19.7. The molecule has 0 saturated carbocycles. The maximum absolute atomic E-state index is 17.3. The normalized spacial score (nSPS) is 33.3. The molecule has 19 nitrogen and oxygen atoms in total. The lowest BCUT2D eigenvalue weighted by molar-refractivity contribution is -0.384. The zero-order valence-electron chi connectivity index (χ0n) is 41.9. The Labute approximate surface area is 407 Å². The van der Waals surface area contributed by atoms with Crippen molar-refractivity contribution in [3.05, 3.63) is 76.5 Å². The second-order valence-electron chi connectivity index (χ2n) is 19.7. The Morgan fingerprint density at radius 2 is 1.67 bits per heavy atom. The summed E-state index contributed by atoms with van der Waals surface area (Å²) < 4.78 is 56.3. The molecule has 382 valence electrons. The highest BCUT2D eigenvalue weighted by Gasteiger charge is 2.62. The van der Waals surface area contributed by atoms with Crippen LogP contribution in [-0.4, -0.2) is 147 Å². The summed E-state index contributed by atoms with van der Waals surface area (Å²) in [6, 6.07) is 13.0. The SMILES string of the molecule is CC[C@H]1OC(=O)[C@@](C)(F)C(=O)[C@H](C)[C@@H](O[C@@H]2O[C@H](C)C[C@H](N(C)C)[C@H]2OC(=O)c2ccccc2)[C@@](C)(OC)C[C@@H](C)C(=O)[C@H](C)[C@@H]2N(CCCCn3cc(-c4cccc([N+](=O)[O-])c4)nn3)C(=O)O[C@@]21C. The van der Waals surface area contributed by atoms with E-state index in [0.717, 1.165) is 6.92 Å². The molecule has 0 N–H and O–H groups in total. The summed E-state index contributed by atoms with van der Waals surface area (Å²) in [6.45, 7) is 12.7. The van der Waals surface area contributed by atoms with E-state index in [9.17, 15) is 34.1 Å². The topological polar surface area (TPSA) is 221 Å². The monoisotopic (exact) mass is 978 g/mol. The number of halogens is 1. The molecule has 3 saturated heterocycles. The van der Waals surface area contributed by atoms with Crippen molar-refractivity contribution in [1.29, 1.82) is 0 Å². The van der Waals surface area contributed by atoms with Crippen LogP contribution in [0.25, 0.3) is 11.3 Å². The Morgan fingerprint density at radius 1 is 0.986 bits per heavy atom. The average Bonchev–Trinajstić information content (AvgIpc) is 3.91. The number of non-ortho nitro benzene ring substituents is 1. The number of esters is 2. The first-order valence-electron chi connectivity index (χ1n) is 23.9. The molecule has 0 aliphatic carbocycles. The van der Waals surface area contributed by atoms with Crippen LogP contribution in [0.3, 0.4) is 0 Å². The fourth-order valence-electron chi connectivity index (χ4n) is 10.5. The van der Waals surface area contributed by atoms with E-state index in [4.69, 9.17) is 28.4 Å². The smallest absolute Gasteiger partial charge is 0.410 e. The van der Waals surface area contributed by atoms with E-state index in [1.807, 2.05) is 25.9 Å². The number of fused-ring (bicyclic) bond motifs is 1. The minimum absolute atomic E-state index is 0.0240. The molecule has 3 aliphatic rings. The second kappa shape index (κ2) is 21.7. The van der Waals surface area contributed by atoms with E-state index in [0.29, 0.717) is 37.1 Å². The number of carbonyl (C=O) groups is 5. The lowest BCUT2D eigenvalue weighted by Gasteiger charge is -2.48. The molecule has 2 aromatic carbocycles. The van der Waals surface area contributed by atoms with Crippen LogP contribution in [0.2, 0.25) is 0 Å². The first-order chi connectivity index (χ1) is 33.0. The third-order valence-electron chi connectivity index (χ3n) is 14.3. The number of unbranched alkanes of at least 4 members (excludes halogenated alkanes) is 1. The van der Waals surface area contributed by atoms with Gasteiger partial charge in [-0.15, -0.1) is 5.10 Å². The molecule has 1 amide bonds. The van der Waals surface area contributed by atoms with E-state index in [1.54, 1.807) is 88.0 Å². The highest BCUT2D eigenvalue weighted by atomic mass is 19.1. The number of alkyl halides is 1. The van der Waals surface area contributed by atoms with Gasteiger partial charge in [-0.05, 0) is 86.0 Å². The minimum atomic E-state index is -3.27. The van der Waals surface area contributed by atoms with Gasteiger partial charge in [0.25, 0.3) is 11.4 Å². The van der Waals surface area contributed by atoms with Crippen molar-refractivity contribution in [2.24, 2.45) is 17.8 Å². The number of likely N-dealkylation sites (N-methyl/N-ethyl adjacent to an activating group) is 1. The number of nitrogens with zero attached hydrogens (tertiary/aromatic N) is 6. The van der Waals surface area contributed by atoms with Gasteiger partial charge in [0, 0.05) is 55.6 Å². The number of ether oxygens (including phenoxy) is 6. The fraction of sp³-hybridized carbons (Fsp3) is 0.620. The Bertz CT molecular complexity index is 2380. The van der Waals surface area contributed by atoms with E-state index in [1.165, 1.54) is 31.1 Å². The molecule has 70 heavy (non-hydrogen) atoms. The lowest BCUT2D eigenvalue weighted by atomic mass is 9.73. The van der Waals surface area contributed by atoms with Gasteiger partial charge in [-0.1, -0.05) is 63.2 Å². The summed E-state index contributed by atoms with van der Waals surface area (Å²) in [5, 5.41) is 19.7. The summed E-state index contributed by atoms with van der Waals surface area (Å²) in [6.07, 6.45) is -3.40. The number of aromatic nitrogens is 3. The van der Waals surface area contributed by atoms with E-state index >= 15 is 4.39 Å². The van der Waals surface area contributed by atoms with E-state index in [-0.39, 0.29) is 36.4 Å². The van der Waals surface area contributed by atoms with Crippen molar-refractivity contribution in [2.75, 3.05) is 27.7 Å². The number of nitro groups is 1. The molecule has 0 spiro atoms. The van der Waals surface area contributed by atoms with Gasteiger partial charge in [0.05, 0.1) is 46.6 Å². The van der Waals surface area contributed by atoms with Crippen LogP contribution in [0.4, 0.5) is 14.9 Å². The molecule has 4 heterocycles. The summed E-state index contributed by atoms with van der Waals surface area (Å²) >= 11 is 0. The number of amides is 1. The number of carbonyl (C=O) groups excluding carboxylic acids is 5.